The van der Waals surface area contributed by atoms with Gasteiger partial charge in [0.05, 0.1) is 5.92 Å². The second kappa shape index (κ2) is 6.90. The maximum Gasteiger partial charge on any atom is 0.402 e. The number of hydrogen-bond acceptors (Lipinski definition) is 3. The summed E-state index contributed by atoms with van der Waals surface area (Å²) in [5.41, 5.74) is 0. The van der Waals surface area contributed by atoms with E-state index in [1.807, 2.05) is 0 Å². The van der Waals surface area contributed by atoms with Crippen molar-refractivity contribution in [2.45, 2.75) is 25.9 Å². The summed E-state index contributed by atoms with van der Waals surface area (Å²) in [4.78, 5) is 10.7. The number of hydrogen-bond donors (Lipinski definition) is 3. The minimum Gasteiger partial charge on any atom is -0.481 e. The smallest absolute Gasteiger partial charge is 0.402 e. The molecule has 0 aromatic rings. The molecule has 0 saturated heterocycles. The first-order valence-corrected chi connectivity index (χ1v) is 6.59. The zero-order valence-electron chi connectivity index (χ0n) is 9.62. The van der Waals surface area contributed by atoms with Crippen LogP contribution in [0.5, 0.6) is 0 Å². The van der Waals surface area contributed by atoms with Gasteiger partial charge in [0.2, 0.25) is 0 Å². The van der Waals surface area contributed by atoms with Gasteiger partial charge in [-0.25, -0.2) is 4.72 Å². The Morgan fingerprint density at radius 3 is 2.28 bits per heavy atom. The van der Waals surface area contributed by atoms with Gasteiger partial charge in [-0.15, -0.1) is 0 Å². The average Bonchev–Trinajstić information content (AvgIpc) is 2.20. The molecule has 0 aliphatic rings. The first kappa shape index (κ1) is 17.1. The topological polar surface area (TPSA) is 95.5 Å². The minimum atomic E-state index is -4.66. The highest BCUT2D eigenvalue weighted by Crippen LogP contribution is 2.12. The van der Waals surface area contributed by atoms with E-state index in [2.05, 4.69) is 0 Å². The van der Waals surface area contributed by atoms with E-state index in [1.165, 1.54) is 4.72 Å². The van der Waals surface area contributed by atoms with Gasteiger partial charge >= 0.3 is 12.1 Å². The monoisotopic (exact) mass is 292 g/mol. The highest BCUT2D eigenvalue weighted by Gasteiger charge is 2.29. The molecule has 1 unspecified atom stereocenters. The fraction of sp³-hybridized carbons (Fsp3) is 0.875. The third-order valence-corrected chi connectivity index (χ3v) is 3.04. The van der Waals surface area contributed by atoms with Crippen LogP contribution in [0.2, 0.25) is 0 Å². The molecular formula is C8H15F3N2O4S. The molecule has 6 nitrogen and oxygen atoms in total. The standard InChI is InChI=1S/C8H15F3N2O4S/c1-2-3-6(7(14)15)4-12-18(16,17)13-5-8(9,10)11/h6,12-13H,2-5H2,1H3,(H,14,15). The lowest BCUT2D eigenvalue weighted by molar-refractivity contribution is -0.141. The summed E-state index contributed by atoms with van der Waals surface area (Å²) in [6, 6.07) is 0. The van der Waals surface area contributed by atoms with Gasteiger partial charge in [0, 0.05) is 6.54 Å². The molecule has 3 N–H and O–H groups in total. The number of carboxylic acids is 1. The summed E-state index contributed by atoms with van der Waals surface area (Å²) >= 11 is 0. The van der Waals surface area contributed by atoms with Gasteiger partial charge in [0.15, 0.2) is 0 Å². The molecule has 0 radical (unpaired) electrons. The summed E-state index contributed by atoms with van der Waals surface area (Å²) in [6.45, 7) is -0.434. The van der Waals surface area contributed by atoms with Crippen LogP contribution in [0.15, 0.2) is 0 Å². The van der Waals surface area contributed by atoms with Crippen LogP contribution in [0.25, 0.3) is 0 Å². The van der Waals surface area contributed by atoms with Gasteiger partial charge in [-0.3, -0.25) is 4.79 Å². The van der Waals surface area contributed by atoms with E-state index in [0.717, 1.165) is 0 Å². The molecule has 108 valence electrons. The van der Waals surface area contributed by atoms with Gasteiger partial charge in [0.25, 0.3) is 10.2 Å². The third-order valence-electron chi connectivity index (χ3n) is 1.97. The number of rotatable bonds is 8. The predicted molar refractivity (Wildman–Crippen MR) is 57.0 cm³/mol. The maximum atomic E-state index is 11.8. The molecule has 0 heterocycles. The molecule has 18 heavy (non-hydrogen) atoms. The lowest BCUT2D eigenvalue weighted by Crippen LogP contribution is -2.43. The Labute approximate surface area is 103 Å². The highest BCUT2D eigenvalue weighted by molar-refractivity contribution is 7.87. The van der Waals surface area contributed by atoms with E-state index in [-0.39, 0.29) is 6.42 Å². The van der Waals surface area contributed by atoms with Crippen LogP contribution in [0, 0.1) is 5.92 Å². The van der Waals surface area contributed by atoms with E-state index in [1.54, 1.807) is 11.6 Å². The summed E-state index contributed by atoms with van der Waals surface area (Å²) in [6.07, 6.45) is -3.91. The van der Waals surface area contributed by atoms with Crippen LogP contribution in [0.1, 0.15) is 19.8 Å². The molecule has 0 aliphatic heterocycles. The van der Waals surface area contributed by atoms with Crippen LogP contribution in [0.3, 0.4) is 0 Å². The highest BCUT2D eigenvalue weighted by atomic mass is 32.2. The average molecular weight is 292 g/mol. The van der Waals surface area contributed by atoms with Crippen molar-refractivity contribution in [1.29, 1.82) is 0 Å². The zero-order valence-corrected chi connectivity index (χ0v) is 10.4. The van der Waals surface area contributed by atoms with Crippen molar-refractivity contribution < 1.29 is 31.5 Å². The first-order chi connectivity index (χ1) is 8.07. The van der Waals surface area contributed by atoms with Crippen LogP contribution in [-0.2, 0) is 15.0 Å². The molecule has 0 fully saturated rings. The molecule has 0 aromatic heterocycles. The maximum absolute atomic E-state index is 11.8. The number of aliphatic carboxylic acids is 1. The zero-order chi connectivity index (χ0) is 14.4. The van der Waals surface area contributed by atoms with Gasteiger partial charge in [-0.2, -0.15) is 26.3 Å². The number of alkyl halides is 3. The van der Waals surface area contributed by atoms with E-state index < -0.39 is 41.4 Å². The largest absolute Gasteiger partial charge is 0.481 e. The van der Waals surface area contributed by atoms with Crippen molar-refractivity contribution in [3.8, 4) is 0 Å². The van der Waals surface area contributed by atoms with E-state index in [9.17, 15) is 26.4 Å². The second-order valence-corrected chi connectivity index (χ2v) is 5.20. The summed E-state index contributed by atoms with van der Waals surface area (Å²) in [5, 5.41) is 8.73. The molecule has 0 bridgehead atoms. The van der Waals surface area contributed by atoms with Crippen LogP contribution in [0.4, 0.5) is 13.2 Å². The molecule has 0 saturated carbocycles. The van der Waals surface area contributed by atoms with Crippen LogP contribution < -0.4 is 9.44 Å². The Balaban J connectivity index is 4.28. The number of carbonyl (C=O) groups is 1. The number of nitrogens with one attached hydrogen (secondary N) is 2. The molecule has 10 heteroatoms. The van der Waals surface area contributed by atoms with Crippen molar-refractivity contribution in [3.05, 3.63) is 0 Å². The van der Waals surface area contributed by atoms with E-state index in [0.29, 0.717) is 6.42 Å². The van der Waals surface area contributed by atoms with Gasteiger partial charge in [-0.1, -0.05) is 13.3 Å². The van der Waals surface area contributed by atoms with E-state index in [4.69, 9.17) is 5.11 Å². The first-order valence-electron chi connectivity index (χ1n) is 5.11. The molecular weight excluding hydrogens is 277 g/mol. The molecule has 0 aliphatic carbocycles. The van der Waals surface area contributed by atoms with Crippen molar-refractivity contribution in [1.82, 2.24) is 9.44 Å². The molecule has 0 rings (SSSR count). The third kappa shape index (κ3) is 8.25. The quantitative estimate of drug-likeness (QED) is 0.606. The van der Waals surface area contributed by atoms with Gasteiger partial charge in [-0.05, 0) is 6.42 Å². The van der Waals surface area contributed by atoms with Crippen molar-refractivity contribution in [2.75, 3.05) is 13.1 Å². The van der Waals surface area contributed by atoms with Crippen LogP contribution >= 0.6 is 0 Å². The molecule has 0 aromatic carbocycles. The normalized spacial score (nSPS) is 14.4. The summed E-state index contributed by atoms with van der Waals surface area (Å²) < 4.78 is 60.6. The van der Waals surface area contributed by atoms with Crippen molar-refractivity contribution in [3.63, 3.8) is 0 Å². The summed E-state index contributed by atoms with van der Waals surface area (Å²) in [7, 11) is -4.35. The van der Waals surface area contributed by atoms with Crippen molar-refractivity contribution in [2.24, 2.45) is 5.92 Å². The lowest BCUT2D eigenvalue weighted by atomic mass is 10.1. The number of carboxylic acid groups (broad SMARTS) is 1. The summed E-state index contributed by atoms with van der Waals surface area (Å²) in [5.74, 6) is -2.16. The number of halogens is 3. The Morgan fingerprint density at radius 2 is 1.89 bits per heavy atom. The Bertz CT molecular complexity index is 369. The van der Waals surface area contributed by atoms with Crippen LogP contribution in [-0.4, -0.2) is 38.8 Å². The Kier molecular flexibility index (Phi) is 6.57. The SMILES string of the molecule is CCCC(CNS(=O)(=O)NCC(F)(F)F)C(=O)O. The fourth-order valence-corrected chi connectivity index (χ4v) is 1.98. The predicted octanol–water partition coefficient (Wildman–Crippen LogP) is 0.474. The van der Waals surface area contributed by atoms with Gasteiger partial charge in [0.1, 0.15) is 6.54 Å². The van der Waals surface area contributed by atoms with Gasteiger partial charge < -0.3 is 5.11 Å². The molecule has 1 atom stereocenters. The molecule has 0 amide bonds. The Hall–Kier alpha value is -0.870. The van der Waals surface area contributed by atoms with Crippen molar-refractivity contribution >= 4 is 16.2 Å². The van der Waals surface area contributed by atoms with E-state index >= 15 is 0 Å². The Morgan fingerprint density at radius 1 is 1.33 bits per heavy atom. The lowest BCUT2D eigenvalue weighted by Gasteiger charge is -2.14. The molecule has 0 spiro atoms. The minimum absolute atomic E-state index is 0.233. The second-order valence-electron chi connectivity index (χ2n) is 3.61. The fourth-order valence-electron chi connectivity index (χ4n) is 1.10.